The Balaban J connectivity index is 2.39. The average molecular weight is 321 g/mol. The average Bonchev–Trinajstić information content (AvgIpc) is 2.40. The molecule has 0 aromatic rings. The van der Waals surface area contributed by atoms with Crippen molar-refractivity contribution in [2.45, 2.75) is 87.8 Å². The van der Waals surface area contributed by atoms with E-state index in [0.717, 1.165) is 38.4 Å². The van der Waals surface area contributed by atoms with Crippen LogP contribution >= 0.6 is 23.2 Å². The molecule has 1 fully saturated rings. The molecule has 0 N–H and O–H groups in total. The van der Waals surface area contributed by atoms with Crippen molar-refractivity contribution in [2.75, 3.05) is 6.61 Å². The normalized spacial score (nSPS) is 21.8. The maximum absolute atomic E-state index is 6.35. The molecule has 0 aromatic carbocycles. The second kappa shape index (κ2) is 11.2. The summed E-state index contributed by atoms with van der Waals surface area (Å²) < 4.78 is 5.26. The lowest BCUT2D eigenvalue weighted by atomic mass is 10.0. The van der Waals surface area contributed by atoms with Gasteiger partial charge in [-0.1, -0.05) is 64.7 Å². The molecular formula is C17H30Cl2O. The lowest BCUT2D eigenvalue weighted by Gasteiger charge is -2.25. The molecule has 0 aromatic heterocycles. The van der Waals surface area contributed by atoms with E-state index in [4.69, 9.17) is 27.9 Å². The van der Waals surface area contributed by atoms with Crippen molar-refractivity contribution in [1.82, 2.24) is 0 Å². The third kappa shape index (κ3) is 9.47. The van der Waals surface area contributed by atoms with Crippen LogP contribution in [0.3, 0.4) is 0 Å². The molecule has 20 heavy (non-hydrogen) atoms. The van der Waals surface area contributed by atoms with E-state index in [-0.39, 0.29) is 0 Å². The number of hydrogen-bond acceptors (Lipinski definition) is 1. The number of halogens is 2. The molecule has 1 rings (SSSR count). The minimum absolute atomic E-state index is 0.658. The van der Waals surface area contributed by atoms with Crippen molar-refractivity contribution in [3.05, 3.63) is 13.0 Å². The number of hydrogen-bond donors (Lipinski definition) is 0. The Morgan fingerprint density at radius 1 is 0.900 bits per heavy atom. The first-order chi connectivity index (χ1) is 9.64. The van der Waals surface area contributed by atoms with Crippen molar-refractivity contribution >= 4 is 23.2 Å². The van der Waals surface area contributed by atoms with E-state index in [2.05, 4.69) is 6.92 Å². The Labute approximate surface area is 135 Å². The zero-order chi connectivity index (χ0) is 14.7. The summed E-state index contributed by atoms with van der Waals surface area (Å²) in [5, 5.41) is 0. The van der Waals surface area contributed by atoms with Gasteiger partial charge in [-0.25, -0.2) is 0 Å². The highest BCUT2D eigenvalue weighted by atomic mass is 35.5. The van der Waals surface area contributed by atoms with Gasteiger partial charge in [0.05, 0.1) is 6.10 Å². The first-order valence-electron chi connectivity index (χ1n) is 8.28. The predicted molar refractivity (Wildman–Crippen MR) is 89.0 cm³/mol. The van der Waals surface area contributed by atoms with E-state index in [1.165, 1.54) is 51.4 Å². The summed E-state index contributed by atoms with van der Waals surface area (Å²) in [6, 6.07) is 0. The molecular weight excluding hydrogens is 291 g/mol. The Hall–Kier alpha value is 0.540. The molecule has 1 aliphatic rings. The summed E-state index contributed by atoms with van der Waals surface area (Å²) in [6.07, 6.45) is 16.0. The maximum Gasteiger partial charge on any atom is 0.121 e. The van der Waals surface area contributed by atoms with Gasteiger partial charge in [0.25, 0.3) is 0 Å². The minimum atomic E-state index is -0.703. The van der Waals surface area contributed by atoms with Crippen molar-refractivity contribution < 1.29 is 4.74 Å². The van der Waals surface area contributed by atoms with Crippen LogP contribution in [0.15, 0.2) is 0 Å². The van der Waals surface area contributed by atoms with Crippen molar-refractivity contribution in [1.29, 1.82) is 0 Å². The van der Waals surface area contributed by atoms with Gasteiger partial charge in [0.1, 0.15) is 4.33 Å². The van der Waals surface area contributed by atoms with E-state index in [9.17, 15) is 0 Å². The van der Waals surface area contributed by atoms with Crippen LogP contribution in [0.25, 0.3) is 0 Å². The molecule has 1 saturated heterocycles. The molecule has 0 spiro atoms. The number of alkyl halides is 2. The van der Waals surface area contributed by atoms with Gasteiger partial charge in [-0.05, 0) is 19.3 Å². The third-order valence-corrected chi connectivity index (χ3v) is 4.55. The molecule has 0 atom stereocenters. The Bertz CT molecular complexity index is 217. The summed E-state index contributed by atoms with van der Waals surface area (Å²) in [5.74, 6) is 0. The van der Waals surface area contributed by atoms with Gasteiger partial charge < -0.3 is 4.74 Å². The highest BCUT2D eigenvalue weighted by Gasteiger charge is 2.28. The fraction of sp³-hybridized carbons (Fsp3) is 0.882. The molecule has 2 radical (unpaired) electrons. The van der Waals surface area contributed by atoms with Crippen LogP contribution in [0.1, 0.15) is 83.5 Å². The van der Waals surface area contributed by atoms with Gasteiger partial charge in [-0.15, -0.1) is 23.2 Å². The topological polar surface area (TPSA) is 9.23 Å². The molecule has 0 bridgehead atoms. The molecule has 1 aliphatic heterocycles. The first kappa shape index (κ1) is 18.6. The molecule has 0 aliphatic carbocycles. The first-order valence-corrected chi connectivity index (χ1v) is 9.04. The predicted octanol–water partition coefficient (Wildman–Crippen LogP) is 6.63. The van der Waals surface area contributed by atoms with E-state index in [1.54, 1.807) is 0 Å². The Kier molecular flexibility index (Phi) is 10.4. The fourth-order valence-corrected chi connectivity index (χ4v) is 3.29. The smallest absolute Gasteiger partial charge is 0.121 e. The summed E-state index contributed by atoms with van der Waals surface area (Å²) in [7, 11) is 0. The summed E-state index contributed by atoms with van der Waals surface area (Å²) in [4.78, 5) is 0. The summed E-state index contributed by atoms with van der Waals surface area (Å²) in [6.45, 7) is 4.66. The van der Waals surface area contributed by atoms with Crippen molar-refractivity contribution in [3.8, 4) is 0 Å². The quantitative estimate of drug-likeness (QED) is 0.528. The molecule has 1 heterocycles. The van der Waals surface area contributed by atoms with E-state index >= 15 is 0 Å². The van der Waals surface area contributed by atoms with Gasteiger partial charge in [-0.2, -0.15) is 0 Å². The number of rotatable bonds is 4. The summed E-state index contributed by atoms with van der Waals surface area (Å²) >= 11 is 12.7. The minimum Gasteiger partial charge on any atom is -0.372 e. The van der Waals surface area contributed by atoms with Crippen LogP contribution in [0.4, 0.5) is 0 Å². The molecule has 3 heteroatoms. The van der Waals surface area contributed by atoms with Gasteiger partial charge in [0.15, 0.2) is 0 Å². The highest BCUT2D eigenvalue weighted by molar-refractivity contribution is 6.48. The molecule has 1 nitrogen and oxygen atoms in total. The zero-order valence-corrected chi connectivity index (χ0v) is 14.3. The van der Waals surface area contributed by atoms with Crippen molar-refractivity contribution in [3.63, 3.8) is 0 Å². The maximum atomic E-state index is 6.35. The SMILES string of the molecule is [CH2]CCC(Cl)(Cl)C[C]1CCCCCCCCCCCO1. The highest BCUT2D eigenvalue weighted by Crippen LogP contribution is 2.37. The fourth-order valence-electron chi connectivity index (χ4n) is 2.73. The lowest BCUT2D eigenvalue weighted by Crippen LogP contribution is -2.19. The van der Waals surface area contributed by atoms with Crippen LogP contribution < -0.4 is 0 Å². The van der Waals surface area contributed by atoms with Gasteiger partial charge in [0.2, 0.25) is 0 Å². The van der Waals surface area contributed by atoms with Crippen LogP contribution in [0.2, 0.25) is 0 Å². The molecule has 118 valence electrons. The molecule has 0 unspecified atom stereocenters. The van der Waals surface area contributed by atoms with E-state index in [0.29, 0.717) is 6.42 Å². The Morgan fingerprint density at radius 2 is 1.45 bits per heavy atom. The molecule has 0 saturated carbocycles. The third-order valence-electron chi connectivity index (χ3n) is 3.90. The zero-order valence-electron chi connectivity index (χ0n) is 12.8. The Morgan fingerprint density at radius 3 is 2.05 bits per heavy atom. The standard InChI is InChI=1S/C17H30Cl2O/c1-2-13-17(18,19)15-16-12-10-8-6-4-3-5-7-9-11-14-20-16/h1-15H2. The largest absolute Gasteiger partial charge is 0.372 e. The monoisotopic (exact) mass is 320 g/mol. The lowest BCUT2D eigenvalue weighted by molar-refractivity contribution is 0.117. The summed E-state index contributed by atoms with van der Waals surface area (Å²) in [5.41, 5.74) is 0. The van der Waals surface area contributed by atoms with Gasteiger partial charge in [-0.3, -0.25) is 0 Å². The van der Waals surface area contributed by atoms with Crippen LogP contribution in [-0.4, -0.2) is 10.9 Å². The van der Waals surface area contributed by atoms with E-state index in [1.807, 2.05) is 0 Å². The van der Waals surface area contributed by atoms with Crippen molar-refractivity contribution in [2.24, 2.45) is 0 Å². The molecule has 0 amide bonds. The van der Waals surface area contributed by atoms with E-state index < -0.39 is 4.33 Å². The number of ether oxygens (including phenoxy) is 1. The van der Waals surface area contributed by atoms with Crippen LogP contribution in [0, 0.1) is 13.0 Å². The second-order valence-corrected chi connectivity index (χ2v) is 7.60. The van der Waals surface area contributed by atoms with Gasteiger partial charge >= 0.3 is 0 Å². The van der Waals surface area contributed by atoms with Gasteiger partial charge in [0, 0.05) is 13.0 Å². The second-order valence-electron chi connectivity index (χ2n) is 5.96. The van der Waals surface area contributed by atoms with Crippen LogP contribution in [-0.2, 0) is 4.74 Å². The van der Waals surface area contributed by atoms with Crippen LogP contribution in [0.5, 0.6) is 0 Å².